The summed E-state index contributed by atoms with van der Waals surface area (Å²) in [7, 11) is 0. The highest BCUT2D eigenvalue weighted by Crippen LogP contribution is 2.39. The van der Waals surface area contributed by atoms with Crippen LogP contribution in [0.3, 0.4) is 0 Å². The van der Waals surface area contributed by atoms with Gasteiger partial charge in [0.05, 0.1) is 30.2 Å². The van der Waals surface area contributed by atoms with E-state index in [0.717, 1.165) is 85.1 Å². The first-order chi connectivity index (χ1) is 26.9. The summed E-state index contributed by atoms with van der Waals surface area (Å²) in [5.41, 5.74) is 13.3. The van der Waals surface area contributed by atoms with E-state index in [9.17, 15) is 14.7 Å². The largest absolute Gasteiger partial charge is 0.397 e. The van der Waals surface area contributed by atoms with Crippen molar-refractivity contribution in [1.82, 2.24) is 10.2 Å². The number of likely N-dealkylation sites (tertiary alicyclic amines) is 1. The number of hydrogen-bond acceptors (Lipinski definition) is 7. The van der Waals surface area contributed by atoms with Gasteiger partial charge in [0.2, 0.25) is 11.8 Å². The first kappa shape index (κ1) is 40.1. The van der Waals surface area contributed by atoms with E-state index in [1.807, 2.05) is 36.4 Å². The maximum Gasteiger partial charge on any atom is 0.224 e. The number of rotatable bonds is 16. The van der Waals surface area contributed by atoms with Crippen LogP contribution in [0.15, 0.2) is 97.1 Å². The van der Waals surface area contributed by atoms with Crippen LogP contribution < -0.4 is 16.4 Å². The fraction of sp³-hybridized carbons (Fsp3) is 0.435. The molecule has 2 aliphatic rings. The van der Waals surface area contributed by atoms with Gasteiger partial charge >= 0.3 is 0 Å². The van der Waals surface area contributed by atoms with Crippen molar-refractivity contribution in [3.8, 4) is 11.1 Å². The monoisotopic (exact) mass is 746 g/mol. The molecule has 2 amide bonds. The standard InChI is InChI=1S/C46H58N4O5/c47-41-16-10-11-17-42(41)49-45(53)19-7-3-2-6-18-44(52)48-31-38-14-8-9-15-40(38)35-24-26-37(27-25-35)46-54-39(32-50-28-12-4-1-5-13-29-50)30-43(55-46)36-22-20-34(33-51)21-23-36/h8-11,14-17,20-27,39,43,46,51H,1-7,12-13,18-19,28-33,47H2,(H,48,52)(H,49,53). The quantitative estimate of drug-likeness (QED) is 0.0667. The van der Waals surface area contributed by atoms with Gasteiger partial charge in [0.25, 0.3) is 0 Å². The zero-order valence-electron chi connectivity index (χ0n) is 32.1. The molecule has 2 aliphatic heterocycles. The van der Waals surface area contributed by atoms with Crippen LogP contribution in [0.4, 0.5) is 11.4 Å². The van der Waals surface area contributed by atoms with Crippen LogP contribution in [0.2, 0.25) is 0 Å². The van der Waals surface area contributed by atoms with Crippen molar-refractivity contribution in [1.29, 1.82) is 0 Å². The molecule has 9 heteroatoms. The molecule has 2 fully saturated rings. The minimum absolute atomic E-state index is 0.0218. The van der Waals surface area contributed by atoms with Gasteiger partial charge in [-0.15, -0.1) is 0 Å². The highest BCUT2D eigenvalue weighted by Gasteiger charge is 2.33. The molecule has 6 rings (SSSR count). The summed E-state index contributed by atoms with van der Waals surface area (Å²) in [6, 6.07) is 31.9. The Balaban J connectivity index is 1.01. The van der Waals surface area contributed by atoms with Gasteiger partial charge in [-0.25, -0.2) is 0 Å². The third kappa shape index (κ3) is 12.2. The molecule has 4 aromatic rings. The number of carbonyl (C=O) groups excluding carboxylic acids is 2. The Bertz CT molecular complexity index is 1790. The Morgan fingerprint density at radius 2 is 1.38 bits per heavy atom. The zero-order chi connectivity index (χ0) is 38.2. The smallest absolute Gasteiger partial charge is 0.224 e. The molecule has 2 heterocycles. The van der Waals surface area contributed by atoms with Gasteiger partial charge in [-0.1, -0.05) is 117 Å². The Morgan fingerprint density at radius 3 is 2.11 bits per heavy atom. The number of amides is 2. The third-order valence-corrected chi connectivity index (χ3v) is 10.8. The van der Waals surface area contributed by atoms with Crippen molar-refractivity contribution < 1.29 is 24.2 Å². The van der Waals surface area contributed by atoms with Crippen LogP contribution in [-0.4, -0.2) is 47.6 Å². The van der Waals surface area contributed by atoms with E-state index < -0.39 is 6.29 Å². The number of aliphatic hydroxyl groups excluding tert-OH is 1. The molecule has 0 radical (unpaired) electrons. The molecule has 5 N–H and O–H groups in total. The lowest BCUT2D eigenvalue weighted by Gasteiger charge is -2.39. The summed E-state index contributed by atoms with van der Waals surface area (Å²) in [6.45, 7) is 3.59. The topological polar surface area (TPSA) is 126 Å². The van der Waals surface area contributed by atoms with Gasteiger partial charge in [0.15, 0.2) is 6.29 Å². The molecule has 9 nitrogen and oxygen atoms in total. The fourth-order valence-corrected chi connectivity index (χ4v) is 7.62. The average molecular weight is 747 g/mol. The molecule has 0 aromatic heterocycles. The highest BCUT2D eigenvalue weighted by atomic mass is 16.7. The summed E-state index contributed by atoms with van der Waals surface area (Å²) in [4.78, 5) is 27.6. The number of benzene rings is 4. The number of nitrogen functional groups attached to an aromatic ring is 1. The van der Waals surface area contributed by atoms with Gasteiger partial charge in [0.1, 0.15) is 0 Å². The first-order valence-corrected chi connectivity index (χ1v) is 20.3. The Labute approximate surface area is 326 Å². The van der Waals surface area contributed by atoms with E-state index in [1.54, 1.807) is 12.1 Å². The summed E-state index contributed by atoms with van der Waals surface area (Å²) in [6.07, 6.45) is 10.8. The molecule has 55 heavy (non-hydrogen) atoms. The van der Waals surface area contributed by atoms with Crippen LogP contribution in [0.5, 0.6) is 0 Å². The zero-order valence-corrected chi connectivity index (χ0v) is 32.1. The normalized spacial score (nSPS) is 19.3. The van der Waals surface area contributed by atoms with Gasteiger partial charge in [-0.05, 0) is 78.7 Å². The number of aliphatic hydroxyl groups is 1. The van der Waals surface area contributed by atoms with Crippen LogP contribution >= 0.6 is 0 Å². The van der Waals surface area contributed by atoms with Crippen LogP contribution in [0.1, 0.15) is 112 Å². The van der Waals surface area contributed by atoms with E-state index >= 15 is 0 Å². The van der Waals surface area contributed by atoms with Gasteiger partial charge < -0.3 is 35.8 Å². The Morgan fingerprint density at radius 1 is 0.727 bits per heavy atom. The summed E-state index contributed by atoms with van der Waals surface area (Å²) in [5.74, 6) is -0.0165. The predicted octanol–water partition coefficient (Wildman–Crippen LogP) is 8.84. The first-order valence-electron chi connectivity index (χ1n) is 20.3. The molecule has 292 valence electrons. The number of carbonyl (C=O) groups is 2. The molecule has 2 saturated heterocycles. The Hall–Kier alpha value is -4.54. The lowest BCUT2D eigenvalue weighted by atomic mass is 9.97. The molecule has 0 aliphatic carbocycles. The minimum Gasteiger partial charge on any atom is -0.397 e. The third-order valence-electron chi connectivity index (χ3n) is 10.8. The number of nitrogens with one attached hydrogen (secondary N) is 2. The summed E-state index contributed by atoms with van der Waals surface area (Å²) in [5, 5.41) is 15.6. The van der Waals surface area contributed by atoms with Gasteiger partial charge in [0, 0.05) is 37.9 Å². The molecule has 4 aromatic carbocycles. The molecular formula is C46H58N4O5. The molecular weight excluding hydrogens is 689 g/mol. The maximum atomic E-state index is 12.8. The lowest BCUT2D eigenvalue weighted by molar-refractivity contribution is -0.253. The van der Waals surface area contributed by atoms with Crippen molar-refractivity contribution >= 4 is 23.2 Å². The van der Waals surface area contributed by atoms with Crippen molar-refractivity contribution in [3.63, 3.8) is 0 Å². The summed E-state index contributed by atoms with van der Waals surface area (Å²) >= 11 is 0. The van der Waals surface area contributed by atoms with Crippen molar-refractivity contribution in [2.75, 3.05) is 30.7 Å². The minimum atomic E-state index is -0.495. The molecule has 0 saturated carbocycles. The lowest BCUT2D eigenvalue weighted by Crippen LogP contribution is -2.40. The van der Waals surface area contributed by atoms with Gasteiger partial charge in [-0.3, -0.25) is 9.59 Å². The fourth-order valence-electron chi connectivity index (χ4n) is 7.62. The molecule has 3 atom stereocenters. The van der Waals surface area contributed by atoms with Crippen LogP contribution in [0.25, 0.3) is 11.1 Å². The maximum absolute atomic E-state index is 12.8. The number of anilines is 2. The number of unbranched alkanes of at least 4 members (excludes halogenated alkanes) is 3. The number of ether oxygens (including phenoxy) is 2. The molecule has 3 unspecified atom stereocenters. The SMILES string of the molecule is Nc1ccccc1NC(=O)CCCCCCC(=O)NCc1ccccc1-c1ccc(C2OC(CN3CCCCCCC3)CC(c3ccc(CO)cc3)O2)cc1. The van der Waals surface area contributed by atoms with E-state index in [0.29, 0.717) is 30.8 Å². The number of para-hydroxylation sites is 2. The predicted molar refractivity (Wildman–Crippen MR) is 219 cm³/mol. The number of nitrogens with two attached hydrogens (primary N) is 1. The average Bonchev–Trinajstić information content (AvgIpc) is 3.20. The van der Waals surface area contributed by atoms with Crippen LogP contribution in [0, 0.1) is 0 Å². The second-order valence-corrected chi connectivity index (χ2v) is 15.0. The highest BCUT2D eigenvalue weighted by molar-refractivity contribution is 5.93. The van der Waals surface area contributed by atoms with E-state index in [4.69, 9.17) is 15.2 Å². The van der Waals surface area contributed by atoms with Crippen molar-refractivity contribution in [3.05, 3.63) is 119 Å². The van der Waals surface area contributed by atoms with E-state index in [-0.39, 0.29) is 30.6 Å². The number of nitrogens with zero attached hydrogens (tertiary/aromatic N) is 1. The van der Waals surface area contributed by atoms with Crippen molar-refractivity contribution in [2.24, 2.45) is 0 Å². The Kier molecular flexibility index (Phi) is 15.3. The second-order valence-electron chi connectivity index (χ2n) is 15.0. The molecule has 0 spiro atoms. The molecule has 0 bridgehead atoms. The van der Waals surface area contributed by atoms with Gasteiger partial charge in [-0.2, -0.15) is 0 Å². The number of hydrogen-bond donors (Lipinski definition) is 4. The van der Waals surface area contributed by atoms with E-state index in [2.05, 4.69) is 64.1 Å². The summed E-state index contributed by atoms with van der Waals surface area (Å²) < 4.78 is 13.3. The van der Waals surface area contributed by atoms with Crippen LogP contribution in [-0.2, 0) is 32.2 Å². The second kappa shape index (κ2) is 20.9. The van der Waals surface area contributed by atoms with E-state index in [1.165, 1.54) is 32.1 Å². The van der Waals surface area contributed by atoms with Crippen molar-refractivity contribution in [2.45, 2.75) is 109 Å².